The van der Waals surface area contributed by atoms with E-state index >= 15 is 0 Å². The van der Waals surface area contributed by atoms with Crippen LogP contribution in [0.15, 0.2) is 54.6 Å². The average molecular weight is 385 g/mol. The first-order chi connectivity index (χ1) is 13.0. The molecule has 0 aliphatic heterocycles. The first-order valence-corrected chi connectivity index (χ1v) is 9.01. The van der Waals surface area contributed by atoms with Gasteiger partial charge in [-0.2, -0.15) is 0 Å². The maximum Gasteiger partial charge on any atom is 0.321 e. The Bertz CT molecular complexity index is 925. The lowest BCUT2D eigenvalue weighted by Crippen LogP contribution is -2.36. The molecule has 1 heterocycles. The standard InChI is InChI=1S/C20H21ClN4O2/c1-14-9-7-8-12-17(14)25-18(22-23-20(25)27-3)13-24(19(26)15(2)21)16-10-5-4-6-11-16/h4-12,15H,13H2,1-3H3. The number of amides is 1. The summed E-state index contributed by atoms with van der Waals surface area (Å²) in [4.78, 5) is 14.4. The van der Waals surface area contributed by atoms with Crippen molar-refractivity contribution in [3.63, 3.8) is 0 Å². The Morgan fingerprint density at radius 2 is 1.81 bits per heavy atom. The fourth-order valence-corrected chi connectivity index (χ4v) is 2.97. The highest BCUT2D eigenvalue weighted by Gasteiger charge is 2.25. The molecular weight excluding hydrogens is 364 g/mol. The molecule has 3 rings (SSSR count). The van der Waals surface area contributed by atoms with Crippen molar-refractivity contribution < 1.29 is 9.53 Å². The van der Waals surface area contributed by atoms with Gasteiger partial charge < -0.3 is 9.64 Å². The summed E-state index contributed by atoms with van der Waals surface area (Å²) in [6.45, 7) is 3.87. The molecule has 7 heteroatoms. The maximum atomic E-state index is 12.7. The van der Waals surface area contributed by atoms with E-state index in [9.17, 15) is 4.79 Å². The van der Waals surface area contributed by atoms with Crippen molar-refractivity contribution in [3.05, 3.63) is 66.0 Å². The molecule has 0 N–H and O–H groups in total. The van der Waals surface area contributed by atoms with Gasteiger partial charge in [0.2, 0.25) is 5.91 Å². The molecular formula is C20H21ClN4O2. The van der Waals surface area contributed by atoms with Gasteiger partial charge in [0.1, 0.15) is 5.38 Å². The van der Waals surface area contributed by atoms with Crippen LogP contribution in [0.5, 0.6) is 6.01 Å². The molecule has 2 aromatic carbocycles. The van der Waals surface area contributed by atoms with Crippen molar-refractivity contribution in [2.45, 2.75) is 25.8 Å². The molecule has 1 atom stereocenters. The van der Waals surface area contributed by atoms with Crippen molar-refractivity contribution in [1.29, 1.82) is 0 Å². The van der Waals surface area contributed by atoms with E-state index in [-0.39, 0.29) is 12.5 Å². The summed E-state index contributed by atoms with van der Waals surface area (Å²) in [5.74, 6) is 0.372. The zero-order valence-electron chi connectivity index (χ0n) is 15.5. The molecule has 0 bridgehead atoms. The number of hydrogen-bond donors (Lipinski definition) is 0. The minimum atomic E-state index is -0.665. The number of ether oxygens (including phenoxy) is 1. The van der Waals surface area contributed by atoms with Gasteiger partial charge in [0, 0.05) is 5.69 Å². The molecule has 1 amide bonds. The number of alkyl halides is 1. The monoisotopic (exact) mass is 384 g/mol. The van der Waals surface area contributed by atoms with E-state index in [0.717, 1.165) is 16.9 Å². The van der Waals surface area contributed by atoms with Crippen LogP contribution < -0.4 is 9.64 Å². The Morgan fingerprint density at radius 1 is 1.15 bits per heavy atom. The van der Waals surface area contributed by atoms with Crippen molar-refractivity contribution in [2.75, 3.05) is 12.0 Å². The molecule has 0 fully saturated rings. The van der Waals surface area contributed by atoms with Gasteiger partial charge in [-0.25, -0.2) is 4.57 Å². The SMILES string of the molecule is COc1nnc(CN(C(=O)C(C)Cl)c2ccccc2)n1-c1ccccc1C. The van der Waals surface area contributed by atoms with Gasteiger partial charge in [-0.05, 0) is 37.6 Å². The number of para-hydroxylation sites is 2. The largest absolute Gasteiger partial charge is 0.467 e. The van der Waals surface area contributed by atoms with Crippen molar-refractivity contribution in [2.24, 2.45) is 0 Å². The van der Waals surface area contributed by atoms with E-state index in [2.05, 4.69) is 10.2 Å². The molecule has 0 saturated carbocycles. The fourth-order valence-electron chi connectivity index (χ4n) is 2.85. The summed E-state index contributed by atoms with van der Waals surface area (Å²) in [7, 11) is 1.55. The molecule has 140 valence electrons. The number of methoxy groups -OCH3 is 1. The lowest BCUT2D eigenvalue weighted by Gasteiger charge is -2.24. The number of benzene rings is 2. The molecule has 0 saturated heterocycles. The lowest BCUT2D eigenvalue weighted by atomic mass is 10.2. The summed E-state index contributed by atoms with van der Waals surface area (Å²) in [5, 5.41) is 7.72. The normalized spacial score (nSPS) is 11.9. The highest BCUT2D eigenvalue weighted by molar-refractivity contribution is 6.32. The third kappa shape index (κ3) is 3.95. The smallest absolute Gasteiger partial charge is 0.321 e. The molecule has 6 nitrogen and oxygen atoms in total. The third-order valence-electron chi connectivity index (χ3n) is 4.21. The Kier molecular flexibility index (Phi) is 5.76. The zero-order chi connectivity index (χ0) is 19.4. The summed E-state index contributed by atoms with van der Waals surface area (Å²) in [5.41, 5.74) is 2.68. The number of rotatable bonds is 6. The van der Waals surface area contributed by atoms with Gasteiger partial charge >= 0.3 is 6.01 Å². The van der Waals surface area contributed by atoms with Crippen LogP contribution in [-0.4, -0.2) is 33.2 Å². The number of carbonyl (C=O) groups excluding carboxylic acids is 1. The number of nitrogens with zero attached hydrogens (tertiary/aromatic N) is 4. The van der Waals surface area contributed by atoms with E-state index in [0.29, 0.717) is 11.8 Å². The van der Waals surface area contributed by atoms with Gasteiger partial charge in [-0.1, -0.05) is 41.5 Å². The molecule has 0 radical (unpaired) electrons. The lowest BCUT2D eigenvalue weighted by molar-refractivity contribution is -0.118. The van der Waals surface area contributed by atoms with Gasteiger partial charge in [0.25, 0.3) is 0 Å². The topological polar surface area (TPSA) is 60.3 Å². The predicted molar refractivity (Wildman–Crippen MR) is 106 cm³/mol. The van der Waals surface area contributed by atoms with E-state index in [1.54, 1.807) is 18.9 Å². The van der Waals surface area contributed by atoms with Gasteiger partial charge in [0.15, 0.2) is 5.82 Å². The number of carbonyl (C=O) groups is 1. The fraction of sp³-hybridized carbons (Fsp3) is 0.250. The van der Waals surface area contributed by atoms with E-state index in [4.69, 9.17) is 16.3 Å². The summed E-state index contributed by atoms with van der Waals surface area (Å²) < 4.78 is 7.21. The van der Waals surface area contributed by atoms with Crippen molar-refractivity contribution >= 4 is 23.2 Å². The molecule has 0 aliphatic rings. The second-order valence-electron chi connectivity index (χ2n) is 6.10. The van der Waals surface area contributed by atoms with Crippen molar-refractivity contribution in [3.8, 4) is 11.7 Å². The Labute approximate surface area is 163 Å². The second kappa shape index (κ2) is 8.22. The van der Waals surface area contributed by atoms with E-state index < -0.39 is 5.38 Å². The van der Waals surface area contributed by atoms with Crippen LogP contribution >= 0.6 is 11.6 Å². The molecule has 1 aromatic heterocycles. The predicted octanol–water partition coefficient (Wildman–Crippen LogP) is 3.74. The Morgan fingerprint density at radius 3 is 2.44 bits per heavy atom. The summed E-state index contributed by atoms with van der Waals surface area (Å²) >= 11 is 6.09. The number of hydrogen-bond acceptors (Lipinski definition) is 4. The second-order valence-corrected chi connectivity index (χ2v) is 6.76. The molecule has 0 spiro atoms. The van der Waals surface area contributed by atoms with Crippen LogP contribution in [0.25, 0.3) is 5.69 Å². The zero-order valence-corrected chi connectivity index (χ0v) is 16.2. The molecule has 3 aromatic rings. The third-order valence-corrected chi connectivity index (χ3v) is 4.40. The van der Waals surface area contributed by atoms with Crippen LogP contribution in [0.4, 0.5) is 5.69 Å². The molecule has 27 heavy (non-hydrogen) atoms. The highest BCUT2D eigenvalue weighted by Crippen LogP contribution is 2.25. The highest BCUT2D eigenvalue weighted by atomic mass is 35.5. The summed E-state index contributed by atoms with van der Waals surface area (Å²) in [6.07, 6.45) is 0. The number of aryl methyl sites for hydroxylation is 1. The number of aromatic nitrogens is 3. The van der Waals surface area contributed by atoms with Gasteiger partial charge in [0.05, 0.1) is 19.3 Å². The minimum Gasteiger partial charge on any atom is -0.467 e. The van der Waals surface area contributed by atoms with Gasteiger partial charge in [-0.3, -0.25) is 4.79 Å². The van der Waals surface area contributed by atoms with Crippen LogP contribution in [0.1, 0.15) is 18.3 Å². The van der Waals surface area contributed by atoms with E-state index in [1.165, 1.54) is 0 Å². The van der Waals surface area contributed by atoms with Crippen LogP contribution in [0.3, 0.4) is 0 Å². The number of anilines is 1. The first kappa shape index (κ1) is 18.9. The Hall–Kier alpha value is -2.86. The Balaban J connectivity index is 2.06. The minimum absolute atomic E-state index is 0.207. The first-order valence-electron chi connectivity index (χ1n) is 8.57. The van der Waals surface area contributed by atoms with Crippen LogP contribution in [-0.2, 0) is 11.3 Å². The molecule has 0 aliphatic carbocycles. The van der Waals surface area contributed by atoms with Crippen LogP contribution in [0, 0.1) is 6.92 Å². The number of halogens is 1. The van der Waals surface area contributed by atoms with Crippen molar-refractivity contribution in [1.82, 2.24) is 14.8 Å². The maximum absolute atomic E-state index is 12.7. The van der Waals surface area contributed by atoms with Crippen LogP contribution in [0.2, 0.25) is 0 Å². The summed E-state index contributed by atoms with van der Waals surface area (Å²) in [6, 6.07) is 17.6. The molecule has 1 unspecified atom stereocenters. The van der Waals surface area contributed by atoms with E-state index in [1.807, 2.05) is 66.1 Å². The quantitative estimate of drug-likeness (QED) is 0.607. The average Bonchev–Trinajstić information content (AvgIpc) is 3.09. The van der Waals surface area contributed by atoms with Gasteiger partial charge in [-0.15, -0.1) is 16.7 Å².